The lowest BCUT2D eigenvalue weighted by Gasteiger charge is -2.29. The summed E-state index contributed by atoms with van der Waals surface area (Å²) in [6.45, 7) is 42.0. The SMILES string of the molecule is CC.CC.CC/C=C/C(C)=O.CCC(C)C.C\C=C(/C=C\C(=C\CC)CC)Oc1ccc(NC(=N/C=C/CCC)c2nc(N(CCCCC)CC(C)CC)c(C)cc2C)cc1C. The van der Waals surface area contributed by atoms with Crippen LogP contribution >= 0.6 is 0 Å². The minimum absolute atomic E-state index is 0.127. The second-order valence-electron chi connectivity index (χ2n) is 15.6. The smallest absolute Gasteiger partial charge is 0.156 e. The second-order valence-corrected chi connectivity index (χ2v) is 15.6. The summed E-state index contributed by atoms with van der Waals surface area (Å²) in [5.41, 5.74) is 6.52. The molecule has 352 valence electrons. The molecule has 1 N–H and O–H groups in total. The van der Waals surface area contributed by atoms with Crippen molar-refractivity contribution in [3.8, 4) is 5.75 Å². The van der Waals surface area contributed by atoms with Crippen molar-refractivity contribution in [2.45, 2.75) is 196 Å². The van der Waals surface area contributed by atoms with E-state index in [1.807, 2.05) is 66.0 Å². The highest BCUT2D eigenvalue weighted by Crippen LogP contribution is 2.27. The topological polar surface area (TPSA) is 66.8 Å². The molecule has 0 bridgehead atoms. The van der Waals surface area contributed by atoms with Crippen molar-refractivity contribution in [1.82, 2.24) is 4.98 Å². The highest BCUT2D eigenvalue weighted by Gasteiger charge is 2.19. The number of carbonyl (C=O) groups is 1. The number of nitrogens with one attached hydrogen (secondary N) is 1. The van der Waals surface area contributed by atoms with E-state index in [0.717, 1.165) is 103 Å². The van der Waals surface area contributed by atoms with Gasteiger partial charge in [0.25, 0.3) is 0 Å². The predicted molar refractivity (Wildman–Crippen MR) is 280 cm³/mol. The average molecular weight is 857 g/mol. The summed E-state index contributed by atoms with van der Waals surface area (Å²) in [4.78, 5) is 22.9. The third kappa shape index (κ3) is 29.2. The molecule has 6 heteroatoms. The molecule has 0 amide bonds. The van der Waals surface area contributed by atoms with Crippen LogP contribution in [0.15, 0.2) is 89.3 Å². The molecule has 0 fully saturated rings. The Hall–Kier alpha value is -4.19. The fourth-order valence-electron chi connectivity index (χ4n) is 5.52. The van der Waals surface area contributed by atoms with E-state index in [1.54, 1.807) is 13.0 Å². The van der Waals surface area contributed by atoms with Gasteiger partial charge in [0.15, 0.2) is 11.6 Å². The number of nitrogens with zero attached hydrogens (tertiary/aromatic N) is 3. The lowest BCUT2D eigenvalue weighted by molar-refractivity contribution is -0.112. The van der Waals surface area contributed by atoms with Gasteiger partial charge in [-0.1, -0.05) is 165 Å². The third-order valence-corrected chi connectivity index (χ3v) is 9.62. The predicted octanol–water partition coefficient (Wildman–Crippen LogP) is 17.5. The Balaban J connectivity index is -0.00000186. The lowest BCUT2D eigenvalue weighted by atomic mass is 10.1. The highest BCUT2D eigenvalue weighted by molar-refractivity contribution is 6.08. The van der Waals surface area contributed by atoms with Crippen LogP contribution in [0.3, 0.4) is 0 Å². The molecule has 1 unspecified atom stereocenters. The number of ketones is 1. The molecule has 1 atom stereocenters. The largest absolute Gasteiger partial charge is 0.457 e. The van der Waals surface area contributed by atoms with Gasteiger partial charge >= 0.3 is 0 Å². The summed E-state index contributed by atoms with van der Waals surface area (Å²) >= 11 is 0. The first-order valence-electron chi connectivity index (χ1n) is 24.5. The van der Waals surface area contributed by atoms with Gasteiger partial charge in [-0.15, -0.1) is 0 Å². The van der Waals surface area contributed by atoms with Crippen molar-refractivity contribution in [1.29, 1.82) is 0 Å². The monoisotopic (exact) mass is 857 g/mol. The quantitative estimate of drug-likeness (QED) is 0.0319. The molecule has 2 aromatic rings. The van der Waals surface area contributed by atoms with Gasteiger partial charge in [0.05, 0.1) is 0 Å². The van der Waals surface area contributed by atoms with Crippen LogP contribution in [0.1, 0.15) is 197 Å². The number of hydrogen-bond acceptors (Lipinski definition) is 5. The molecule has 0 radical (unpaired) electrons. The van der Waals surface area contributed by atoms with Crippen LogP contribution in [0.2, 0.25) is 0 Å². The molecular formula is C56H96N4O2. The first-order valence-corrected chi connectivity index (χ1v) is 24.5. The fourth-order valence-corrected chi connectivity index (χ4v) is 5.52. The fraction of sp³-hybridized carbons (Fsp3) is 0.589. The van der Waals surface area contributed by atoms with Gasteiger partial charge in [0.1, 0.15) is 23.0 Å². The van der Waals surface area contributed by atoms with E-state index in [4.69, 9.17) is 14.7 Å². The van der Waals surface area contributed by atoms with Gasteiger partial charge in [-0.05, 0) is 132 Å². The van der Waals surface area contributed by atoms with E-state index in [2.05, 4.69) is 136 Å². The van der Waals surface area contributed by atoms with Crippen LogP contribution in [0.25, 0.3) is 0 Å². The van der Waals surface area contributed by atoms with Gasteiger partial charge < -0.3 is 15.0 Å². The summed E-state index contributed by atoms with van der Waals surface area (Å²) in [5.74, 6) is 5.09. The van der Waals surface area contributed by atoms with Crippen molar-refractivity contribution >= 4 is 23.1 Å². The molecule has 0 aliphatic heterocycles. The van der Waals surface area contributed by atoms with E-state index in [-0.39, 0.29) is 5.78 Å². The first-order chi connectivity index (χ1) is 29.7. The van der Waals surface area contributed by atoms with Crippen molar-refractivity contribution in [2.24, 2.45) is 16.8 Å². The Morgan fingerprint density at radius 2 is 1.48 bits per heavy atom. The summed E-state index contributed by atoms with van der Waals surface area (Å²) in [6, 6.07) is 8.48. The average Bonchev–Trinajstić information content (AvgIpc) is 3.27. The standard InChI is InChI=1S/C41H62N4O.C6H10O.C5H12.2C2H6/c1-11-17-19-26-42-40(39-33(9)28-34(10)41(44-39)45(27-20-18-12-2)30-31(7)14-4)43-36-23-25-38(32(8)29-36)46-37(16-6)24-22-35(15-5)21-13-3;1-3-4-5-6(2)7;1-4-5(2)3;2*1-2/h16,19,21-26,28-29,31H,11-15,17-18,20,27,30H2,1-10H3,(H,42,43);4-5H,3H2,1-2H3;5H,4H2,1-3H3;2*1-2H3/b24-22-,26-19+,35-21+,37-16+;5-4+;;;. The molecule has 0 saturated heterocycles. The zero-order chi connectivity index (χ0) is 47.9. The molecule has 1 heterocycles. The molecule has 62 heavy (non-hydrogen) atoms. The van der Waals surface area contributed by atoms with Crippen LogP contribution in [0.4, 0.5) is 11.5 Å². The van der Waals surface area contributed by atoms with E-state index in [1.165, 1.54) is 36.8 Å². The minimum atomic E-state index is 0.127. The van der Waals surface area contributed by atoms with Gasteiger partial charge in [-0.3, -0.25) is 4.79 Å². The molecular weight excluding hydrogens is 761 g/mol. The molecule has 0 aliphatic carbocycles. The van der Waals surface area contributed by atoms with Crippen LogP contribution in [0.5, 0.6) is 5.75 Å². The minimum Gasteiger partial charge on any atom is -0.457 e. The maximum absolute atomic E-state index is 10.1. The number of pyridine rings is 1. The van der Waals surface area contributed by atoms with E-state index in [0.29, 0.717) is 5.92 Å². The molecule has 6 nitrogen and oxygen atoms in total. The van der Waals surface area contributed by atoms with Gasteiger partial charge in [0.2, 0.25) is 0 Å². The normalized spacial score (nSPS) is 12.2. The van der Waals surface area contributed by atoms with Crippen LogP contribution < -0.4 is 15.0 Å². The van der Waals surface area contributed by atoms with Gasteiger partial charge in [0, 0.05) is 25.0 Å². The third-order valence-electron chi connectivity index (χ3n) is 9.62. The highest BCUT2D eigenvalue weighted by atomic mass is 16.5. The molecule has 0 aliphatic rings. The van der Waals surface area contributed by atoms with E-state index < -0.39 is 0 Å². The van der Waals surface area contributed by atoms with Crippen molar-refractivity contribution < 1.29 is 9.53 Å². The summed E-state index contributed by atoms with van der Waals surface area (Å²) in [7, 11) is 0. The Morgan fingerprint density at radius 3 is 1.97 bits per heavy atom. The maximum Gasteiger partial charge on any atom is 0.156 e. The molecule has 0 saturated carbocycles. The maximum atomic E-state index is 10.1. The van der Waals surface area contributed by atoms with Crippen LogP contribution in [0, 0.1) is 32.6 Å². The summed E-state index contributed by atoms with van der Waals surface area (Å²) < 4.78 is 6.32. The molecule has 0 spiro atoms. The summed E-state index contributed by atoms with van der Waals surface area (Å²) in [5, 5.41) is 3.63. The summed E-state index contributed by atoms with van der Waals surface area (Å²) in [6.07, 6.45) is 27.1. The van der Waals surface area contributed by atoms with Crippen LogP contribution in [-0.4, -0.2) is 29.7 Å². The number of ether oxygens (including phenoxy) is 1. The van der Waals surface area contributed by atoms with Crippen molar-refractivity contribution in [3.63, 3.8) is 0 Å². The van der Waals surface area contributed by atoms with Crippen LogP contribution in [-0.2, 0) is 4.79 Å². The second kappa shape index (κ2) is 40.9. The molecule has 1 aromatic carbocycles. The van der Waals surface area contributed by atoms with Crippen molar-refractivity contribution in [2.75, 3.05) is 23.3 Å². The Labute approximate surface area is 384 Å². The number of carbonyl (C=O) groups excluding carboxylic acids is 1. The Bertz CT molecular complexity index is 1630. The number of amidine groups is 1. The number of anilines is 2. The zero-order valence-corrected chi connectivity index (χ0v) is 43.7. The number of allylic oxidation sites excluding steroid dienone is 8. The number of aliphatic imine (C=N–C) groups is 1. The number of rotatable bonds is 22. The van der Waals surface area contributed by atoms with Gasteiger partial charge in [-0.25, -0.2) is 9.98 Å². The van der Waals surface area contributed by atoms with Gasteiger partial charge in [-0.2, -0.15) is 0 Å². The number of hydrogen-bond donors (Lipinski definition) is 1. The van der Waals surface area contributed by atoms with E-state index >= 15 is 0 Å². The number of aryl methyl sites for hydroxylation is 3. The van der Waals surface area contributed by atoms with E-state index in [9.17, 15) is 4.79 Å². The van der Waals surface area contributed by atoms with Crippen molar-refractivity contribution in [3.05, 3.63) is 107 Å². The zero-order valence-electron chi connectivity index (χ0n) is 43.7. The number of aromatic nitrogens is 1. The molecule has 2 rings (SSSR count). The Morgan fingerprint density at radius 1 is 0.823 bits per heavy atom. The number of unbranched alkanes of at least 4 members (excludes halogenated alkanes) is 3. The lowest BCUT2D eigenvalue weighted by Crippen LogP contribution is -2.32. The Kier molecular flexibility index (Phi) is 40.9. The number of benzene rings is 1. The first kappa shape index (κ1) is 62.1. The molecule has 1 aromatic heterocycles.